The number of carbonyl (C=O) groups excluding carboxylic acids is 1. The minimum Gasteiger partial charge on any atom is -0.467 e. The summed E-state index contributed by atoms with van der Waals surface area (Å²) in [6.45, 7) is 4.32. The first-order valence-corrected chi connectivity index (χ1v) is 5.99. The first-order valence-electron chi connectivity index (χ1n) is 5.99. The van der Waals surface area contributed by atoms with Gasteiger partial charge in [0.1, 0.15) is 6.04 Å². The Morgan fingerprint density at radius 3 is 2.47 bits per heavy atom. The third kappa shape index (κ3) is 4.23. The molecule has 1 atom stereocenters. The van der Waals surface area contributed by atoms with Gasteiger partial charge in [-0.05, 0) is 13.8 Å². The quantitative estimate of drug-likeness (QED) is 0.714. The van der Waals surface area contributed by atoms with E-state index in [2.05, 4.69) is 30.3 Å². The highest BCUT2D eigenvalue weighted by Gasteiger charge is 2.15. The monoisotopic (exact) mass is 268 g/mol. The number of carbonyl (C=O) groups is 1. The molecule has 19 heavy (non-hydrogen) atoms. The van der Waals surface area contributed by atoms with Crippen molar-refractivity contribution in [2.75, 3.05) is 43.3 Å². The second-order valence-electron chi connectivity index (χ2n) is 4.10. The molecule has 8 nitrogen and oxygen atoms in total. The second kappa shape index (κ2) is 6.72. The third-order valence-electron chi connectivity index (χ3n) is 2.26. The zero-order chi connectivity index (χ0) is 14.4. The number of nitrogens with one attached hydrogen (secondary N) is 2. The fraction of sp³-hybridized carbons (Fsp3) is 0.636. The van der Waals surface area contributed by atoms with E-state index in [0.29, 0.717) is 24.4 Å². The zero-order valence-electron chi connectivity index (χ0n) is 11.9. The van der Waals surface area contributed by atoms with Crippen molar-refractivity contribution < 1.29 is 9.53 Å². The largest absolute Gasteiger partial charge is 0.467 e. The maximum absolute atomic E-state index is 11.4. The molecule has 0 saturated carbocycles. The Hall–Kier alpha value is -2.12. The van der Waals surface area contributed by atoms with Crippen molar-refractivity contribution in [3.8, 4) is 0 Å². The number of hydrogen-bond acceptors (Lipinski definition) is 8. The topological polar surface area (TPSA) is 92.3 Å². The number of hydrogen-bond donors (Lipinski definition) is 2. The molecule has 0 bridgehead atoms. The number of ether oxygens (including phenoxy) is 1. The van der Waals surface area contributed by atoms with Crippen LogP contribution in [0.3, 0.4) is 0 Å². The molecular formula is C11H20N6O2. The van der Waals surface area contributed by atoms with Crippen molar-refractivity contribution in [1.29, 1.82) is 0 Å². The van der Waals surface area contributed by atoms with Crippen LogP contribution in [-0.2, 0) is 9.53 Å². The predicted octanol–water partition coefficient (Wildman–Crippen LogP) is 0.343. The third-order valence-corrected chi connectivity index (χ3v) is 2.26. The van der Waals surface area contributed by atoms with Gasteiger partial charge in [-0.15, -0.1) is 0 Å². The average molecular weight is 268 g/mol. The van der Waals surface area contributed by atoms with Crippen LogP contribution in [0.25, 0.3) is 0 Å². The van der Waals surface area contributed by atoms with Gasteiger partial charge in [0, 0.05) is 20.6 Å². The first kappa shape index (κ1) is 14.9. The van der Waals surface area contributed by atoms with E-state index in [9.17, 15) is 4.79 Å². The second-order valence-corrected chi connectivity index (χ2v) is 4.10. The van der Waals surface area contributed by atoms with Crippen molar-refractivity contribution in [3.05, 3.63) is 0 Å². The number of methoxy groups -OCH3 is 1. The minimum atomic E-state index is -0.531. The van der Waals surface area contributed by atoms with Gasteiger partial charge >= 0.3 is 5.97 Å². The molecule has 1 aromatic heterocycles. The van der Waals surface area contributed by atoms with Crippen molar-refractivity contribution in [1.82, 2.24) is 15.0 Å². The van der Waals surface area contributed by atoms with Crippen LogP contribution in [0.15, 0.2) is 0 Å². The van der Waals surface area contributed by atoms with Gasteiger partial charge in [0.05, 0.1) is 7.11 Å². The molecule has 0 aliphatic rings. The Labute approximate surface area is 112 Å². The molecule has 0 aliphatic carbocycles. The van der Waals surface area contributed by atoms with E-state index in [0.717, 1.165) is 0 Å². The molecule has 0 fully saturated rings. The molecule has 2 N–H and O–H groups in total. The van der Waals surface area contributed by atoms with Crippen molar-refractivity contribution >= 4 is 23.8 Å². The lowest BCUT2D eigenvalue weighted by Gasteiger charge is -2.15. The van der Waals surface area contributed by atoms with Crippen LogP contribution in [0.5, 0.6) is 0 Å². The normalized spacial score (nSPS) is 11.6. The lowest BCUT2D eigenvalue weighted by molar-refractivity contribution is -0.141. The summed E-state index contributed by atoms with van der Waals surface area (Å²) in [5.74, 6) is 0.913. The highest BCUT2D eigenvalue weighted by atomic mass is 16.5. The SMILES string of the molecule is CCNc1nc(NC(C)C(=O)OC)nc(N(C)C)n1. The summed E-state index contributed by atoms with van der Waals surface area (Å²) < 4.78 is 4.64. The molecule has 1 heterocycles. The van der Waals surface area contributed by atoms with E-state index in [1.807, 2.05) is 21.0 Å². The standard InChI is InChI=1S/C11H20N6O2/c1-6-12-9-14-10(13-7(2)8(18)19-5)16-11(15-9)17(3)4/h7H,6H2,1-5H3,(H2,12,13,14,15,16). The number of rotatable bonds is 6. The zero-order valence-corrected chi connectivity index (χ0v) is 11.9. The number of esters is 1. The maximum Gasteiger partial charge on any atom is 0.328 e. The molecule has 0 radical (unpaired) electrons. The van der Waals surface area contributed by atoms with Crippen LogP contribution >= 0.6 is 0 Å². The highest BCUT2D eigenvalue weighted by molar-refractivity contribution is 5.78. The van der Waals surface area contributed by atoms with Gasteiger partial charge in [0.15, 0.2) is 0 Å². The van der Waals surface area contributed by atoms with Crippen LogP contribution in [0.4, 0.5) is 17.8 Å². The van der Waals surface area contributed by atoms with Crippen LogP contribution in [0.2, 0.25) is 0 Å². The molecule has 1 unspecified atom stereocenters. The Balaban J connectivity index is 2.95. The van der Waals surface area contributed by atoms with Gasteiger partial charge in [0.25, 0.3) is 0 Å². The molecule has 0 amide bonds. The fourth-order valence-electron chi connectivity index (χ4n) is 1.30. The summed E-state index contributed by atoms with van der Waals surface area (Å²) in [6, 6.07) is -0.531. The van der Waals surface area contributed by atoms with E-state index in [4.69, 9.17) is 0 Å². The van der Waals surface area contributed by atoms with Crippen LogP contribution in [0, 0.1) is 0 Å². The van der Waals surface area contributed by atoms with E-state index in [1.165, 1.54) is 7.11 Å². The molecule has 0 saturated heterocycles. The number of anilines is 3. The molecule has 0 aromatic carbocycles. The Morgan fingerprint density at radius 2 is 1.95 bits per heavy atom. The van der Waals surface area contributed by atoms with E-state index in [1.54, 1.807) is 11.8 Å². The maximum atomic E-state index is 11.4. The summed E-state index contributed by atoms with van der Waals surface area (Å²) in [6.07, 6.45) is 0. The predicted molar refractivity (Wildman–Crippen MR) is 73.4 cm³/mol. The summed E-state index contributed by atoms with van der Waals surface area (Å²) >= 11 is 0. The smallest absolute Gasteiger partial charge is 0.328 e. The Morgan fingerprint density at radius 1 is 1.32 bits per heavy atom. The number of aromatic nitrogens is 3. The minimum absolute atomic E-state index is 0.326. The Kier molecular flexibility index (Phi) is 5.28. The summed E-state index contributed by atoms with van der Waals surface area (Å²) in [5, 5.41) is 5.90. The first-order chi connectivity index (χ1) is 8.97. The van der Waals surface area contributed by atoms with Crippen molar-refractivity contribution in [2.24, 2.45) is 0 Å². The van der Waals surface area contributed by atoms with Crippen LogP contribution in [-0.4, -0.2) is 54.7 Å². The van der Waals surface area contributed by atoms with Gasteiger partial charge in [0.2, 0.25) is 17.8 Å². The van der Waals surface area contributed by atoms with Gasteiger partial charge in [-0.3, -0.25) is 0 Å². The summed E-state index contributed by atoms with van der Waals surface area (Å²) in [7, 11) is 5.00. The summed E-state index contributed by atoms with van der Waals surface area (Å²) in [4.78, 5) is 25.8. The molecule has 1 aromatic rings. The lowest BCUT2D eigenvalue weighted by atomic mass is 10.3. The Bertz CT molecular complexity index is 437. The van der Waals surface area contributed by atoms with Gasteiger partial charge in [-0.25, -0.2) is 4.79 Å². The summed E-state index contributed by atoms with van der Waals surface area (Å²) in [5.41, 5.74) is 0. The highest BCUT2D eigenvalue weighted by Crippen LogP contribution is 2.12. The molecule has 0 spiro atoms. The van der Waals surface area contributed by atoms with Gasteiger partial charge in [-0.2, -0.15) is 15.0 Å². The lowest BCUT2D eigenvalue weighted by Crippen LogP contribution is -2.29. The van der Waals surface area contributed by atoms with E-state index in [-0.39, 0.29) is 5.97 Å². The van der Waals surface area contributed by atoms with E-state index < -0.39 is 6.04 Å². The van der Waals surface area contributed by atoms with Crippen LogP contribution in [0.1, 0.15) is 13.8 Å². The average Bonchev–Trinajstić information content (AvgIpc) is 2.37. The molecular weight excluding hydrogens is 248 g/mol. The number of nitrogens with zero attached hydrogens (tertiary/aromatic N) is 4. The molecule has 106 valence electrons. The molecule has 8 heteroatoms. The van der Waals surface area contributed by atoms with Gasteiger partial charge in [-0.1, -0.05) is 0 Å². The van der Waals surface area contributed by atoms with Crippen molar-refractivity contribution in [2.45, 2.75) is 19.9 Å². The fourth-order valence-corrected chi connectivity index (χ4v) is 1.30. The van der Waals surface area contributed by atoms with Gasteiger partial charge < -0.3 is 20.3 Å². The molecule has 0 aliphatic heterocycles. The van der Waals surface area contributed by atoms with Crippen molar-refractivity contribution in [3.63, 3.8) is 0 Å². The molecule has 1 rings (SSSR count). The van der Waals surface area contributed by atoms with E-state index >= 15 is 0 Å². The van der Waals surface area contributed by atoms with Crippen LogP contribution < -0.4 is 15.5 Å².